The van der Waals surface area contributed by atoms with Crippen LogP contribution in [0.25, 0.3) is 0 Å². The first-order chi connectivity index (χ1) is 13.0. The molecule has 0 bridgehead atoms. The summed E-state index contributed by atoms with van der Waals surface area (Å²) < 4.78 is 10.8. The number of amides is 2. The van der Waals surface area contributed by atoms with Gasteiger partial charge in [0.25, 0.3) is 5.91 Å². The molecule has 3 unspecified atom stereocenters. The molecule has 0 radical (unpaired) electrons. The number of fused-ring (bicyclic) bond motifs is 1. The lowest BCUT2D eigenvalue weighted by Gasteiger charge is -2.28. The zero-order chi connectivity index (χ0) is 19.1. The number of nitrogens with zero attached hydrogens (tertiary/aromatic N) is 1. The van der Waals surface area contributed by atoms with Crippen molar-refractivity contribution < 1.29 is 23.9 Å². The van der Waals surface area contributed by atoms with Crippen molar-refractivity contribution >= 4 is 29.1 Å². The molecule has 0 aliphatic carbocycles. The maximum atomic E-state index is 12.5. The Morgan fingerprint density at radius 3 is 2.44 bits per heavy atom. The first kappa shape index (κ1) is 17.6. The van der Waals surface area contributed by atoms with Crippen LogP contribution in [0.3, 0.4) is 0 Å². The molecule has 2 fully saturated rings. The van der Waals surface area contributed by atoms with Crippen LogP contribution < -0.4 is 19.9 Å². The number of hydrogen-bond donors (Lipinski definition) is 1. The quantitative estimate of drug-likeness (QED) is 0.811. The van der Waals surface area contributed by atoms with Crippen molar-refractivity contribution in [3.63, 3.8) is 0 Å². The SMILES string of the molecule is COc1ccc(C2C3C(=O)NC(=O)C3ON2c2ccc(Cl)cc2)c(OC)c1. The van der Waals surface area contributed by atoms with Crippen LogP contribution in [0.2, 0.25) is 5.02 Å². The third kappa shape index (κ3) is 2.89. The molecule has 2 aliphatic rings. The van der Waals surface area contributed by atoms with Crippen LogP contribution in [-0.4, -0.2) is 32.1 Å². The first-order valence-corrected chi connectivity index (χ1v) is 8.69. The Hall–Kier alpha value is -2.77. The van der Waals surface area contributed by atoms with E-state index in [0.717, 1.165) is 0 Å². The molecule has 2 heterocycles. The molecule has 2 saturated heterocycles. The van der Waals surface area contributed by atoms with Crippen molar-refractivity contribution in [1.82, 2.24) is 5.32 Å². The van der Waals surface area contributed by atoms with Gasteiger partial charge >= 0.3 is 0 Å². The van der Waals surface area contributed by atoms with Crippen LogP contribution in [0.5, 0.6) is 11.5 Å². The van der Waals surface area contributed by atoms with Gasteiger partial charge in [0.05, 0.1) is 25.9 Å². The Labute approximate surface area is 160 Å². The molecule has 2 aromatic carbocycles. The third-order valence-corrected chi connectivity index (χ3v) is 5.05. The Morgan fingerprint density at radius 1 is 1.04 bits per heavy atom. The number of hydrogen-bond acceptors (Lipinski definition) is 6. The molecular formula is C19H17ClN2O5. The van der Waals surface area contributed by atoms with Crippen LogP contribution in [0.1, 0.15) is 11.6 Å². The predicted molar refractivity (Wildman–Crippen MR) is 97.7 cm³/mol. The summed E-state index contributed by atoms with van der Waals surface area (Å²) in [6, 6.07) is 11.8. The van der Waals surface area contributed by atoms with Gasteiger partial charge in [-0.3, -0.25) is 19.7 Å². The third-order valence-electron chi connectivity index (χ3n) is 4.79. The topological polar surface area (TPSA) is 77.1 Å². The molecular weight excluding hydrogens is 372 g/mol. The smallest absolute Gasteiger partial charge is 0.259 e. The molecule has 0 saturated carbocycles. The lowest BCUT2D eigenvalue weighted by Crippen LogP contribution is -2.33. The minimum atomic E-state index is -0.898. The van der Waals surface area contributed by atoms with Crippen LogP contribution in [0.4, 0.5) is 5.69 Å². The summed E-state index contributed by atoms with van der Waals surface area (Å²) in [4.78, 5) is 30.5. The van der Waals surface area contributed by atoms with Crippen molar-refractivity contribution in [3.05, 3.63) is 53.1 Å². The highest BCUT2D eigenvalue weighted by molar-refractivity contribution is 6.30. The van der Waals surface area contributed by atoms with E-state index >= 15 is 0 Å². The van der Waals surface area contributed by atoms with Crippen molar-refractivity contribution in [2.75, 3.05) is 19.3 Å². The van der Waals surface area contributed by atoms with Gasteiger partial charge in [-0.1, -0.05) is 11.6 Å². The van der Waals surface area contributed by atoms with E-state index in [1.807, 2.05) is 6.07 Å². The number of methoxy groups -OCH3 is 2. The maximum absolute atomic E-state index is 12.5. The van der Waals surface area contributed by atoms with E-state index in [4.69, 9.17) is 25.9 Å². The van der Waals surface area contributed by atoms with Crippen molar-refractivity contribution in [2.24, 2.45) is 5.92 Å². The van der Waals surface area contributed by atoms with Gasteiger partial charge in [0.2, 0.25) is 5.91 Å². The monoisotopic (exact) mass is 388 g/mol. The van der Waals surface area contributed by atoms with Gasteiger partial charge < -0.3 is 9.47 Å². The molecule has 3 atom stereocenters. The summed E-state index contributed by atoms with van der Waals surface area (Å²) in [6.45, 7) is 0. The van der Waals surface area contributed by atoms with Crippen molar-refractivity contribution in [1.29, 1.82) is 0 Å². The molecule has 27 heavy (non-hydrogen) atoms. The van der Waals surface area contributed by atoms with Crippen LogP contribution in [0.15, 0.2) is 42.5 Å². The number of carbonyl (C=O) groups excluding carboxylic acids is 2. The summed E-state index contributed by atoms with van der Waals surface area (Å²) in [5.41, 5.74) is 1.39. The highest BCUT2D eigenvalue weighted by Crippen LogP contribution is 2.47. The van der Waals surface area contributed by atoms with E-state index in [0.29, 0.717) is 27.8 Å². The number of carbonyl (C=O) groups is 2. The molecule has 7 nitrogen and oxygen atoms in total. The summed E-state index contributed by atoms with van der Waals surface area (Å²) in [5, 5.41) is 4.49. The van der Waals surface area contributed by atoms with Crippen LogP contribution in [0, 0.1) is 5.92 Å². The van der Waals surface area contributed by atoms with Crippen molar-refractivity contribution in [3.8, 4) is 11.5 Å². The maximum Gasteiger partial charge on any atom is 0.259 e. The van der Waals surface area contributed by atoms with E-state index in [2.05, 4.69) is 5.32 Å². The van der Waals surface area contributed by atoms with E-state index < -0.39 is 24.0 Å². The Balaban J connectivity index is 1.83. The molecule has 0 aromatic heterocycles. The number of anilines is 1. The van der Waals surface area contributed by atoms with Gasteiger partial charge in [-0.05, 0) is 36.4 Å². The van der Waals surface area contributed by atoms with Gasteiger partial charge in [0.1, 0.15) is 17.4 Å². The number of rotatable bonds is 4. The Bertz CT molecular complexity index is 901. The second-order valence-corrected chi connectivity index (χ2v) is 6.70. The second kappa shape index (κ2) is 6.75. The van der Waals surface area contributed by atoms with Gasteiger partial charge in [-0.15, -0.1) is 0 Å². The fourth-order valence-corrected chi connectivity index (χ4v) is 3.65. The number of halogens is 1. The summed E-state index contributed by atoms with van der Waals surface area (Å²) in [5.74, 6) is -0.357. The molecule has 8 heteroatoms. The van der Waals surface area contributed by atoms with Gasteiger partial charge in [-0.25, -0.2) is 5.06 Å². The number of nitrogens with one attached hydrogen (secondary N) is 1. The largest absolute Gasteiger partial charge is 0.497 e. The predicted octanol–water partition coefficient (Wildman–Crippen LogP) is 2.49. The fraction of sp³-hybridized carbons (Fsp3) is 0.263. The zero-order valence-corrected chi connectivity index (χ0v) is 15.4. The molecule has 2 aliphatic heterocycles. The summed E-state index contributed by atoms with van der Waals surface area (Å²) in [6.07, 6.45) is -0.898. The number of imide groups is 1. The number of ether oxygens (including phenoxy) is 2. The van der Waals surface area contributed by atoms with E-state index in [9.17, 15) is 9.59 Å². The highest BCUT2D eigenvalue weighted by Gasteiger charge is 2.57. The molecule has 0 spiro atoms. The van der Waals surface area contributed by atoms with Crippen LogP contribution >= 0.6 is 11.6 Å². The zero-order valence-electron chi connectivity index (χ0n) is 14.6. The average Bonchev–Trinajstić information content (AvgIpc) is 3.20. The lowest BCUT2D eigenvalue weighted by molar-refractivity contribution is -0.129. The number of hydroxylamine groups is 1. The molecule has 1 N–H and O–H groups in total. The summed E-state index contributed by atoms with van der Waals surface area (Å²) >= 11 is 5.98. The van der Waals surface area contributed by atoms with Gasteiger partial charge in [0.15, 0.2) is 6.10 Å². The Morgan fingerprint density at radius 2 is 1.78 bits per heavy atom. The van der Waals surface area contributed by atoms with Gasteiger partial charge in [-0.2, -0.15) is 0 Å². The molecule has 2 aromatic rings. The number of benzene rings is 2. The molecule has 140 valence electrons. The first-order valence-electron chi connectivity index (χ1n) is 8.31. The standard InChI is InChI=1S/C19H17ClN2O5/c1-25-12-7-8-13(14(9-12)26-2)16-15-17(19(24)21-18(15)23)27-22(16)11-5-3-10(20)4-6-11/h3-9,15-17H,1-2H3,(H,21,23,24). The second-order valence-electron chi connectivity index (χ2n) is 6.26. The van der Waals surface area contributed by atoms with Crippen molar-refractivity contribution in [2.45, 2.75) is 12.1 Å². The fourth-order valence-electron chi connectivity index (χ4n) is 3.52. The minimum Gasteiger partial charge on any atom is -0.497 e. The Kier molecular flexibility index (Phi) is 4.41. The van der Waals surface area contributed by atoms with E-state index in [1.54, 1.807) is 48.6 Å². The summed E-state index contributed by atoms with van der Waals surface area (Å²) in [7, 11) is 3.10. The average molecular weight is 389 g/mol. The normalized spacial score (nSPS) is 24.0. The van der Waals surface area contributed by atoms with E-state index in [-0.39, 0.29) is 5.91 Å². The minimum absolute atomic E-state index is 0.371. The molecule has 2 amide bonds. The lowest BCUT2D eigenvalue weighted by atomic mass is 9.90. The van der Waals surface area contributed by atoms with Gasteiger partial charge in [0, 0.05) is 16.7 Å². The molecule has 4 rings (SSSR count). The van der Waals surface area contributed by atoms with Crippen LogP contribution in [-0.2, 0) is 14.4 Å². The van der Waals surface area contributed by atoms with E-state index in [1.165, 1.54) is 7.11 Å². The highest BCUT2D eigenvalue weighted by atomic mass is 35.5.